The number of likely N-dealkylation sites (N-methyl/N-ethyl adjacent to an activating group) is 1. The number of nitrogens with one attached hydrogen (secondary N) is 1. The van der Waals surface area contributed by atoms with Gasteiger partial charge in [-0.3, -0.25) is 14.2 Å². The quantitative estimate of drug-likeness (QED) is 0.0212. The van der Waals surface area contributed by atoms with Crippen molar-refractivity contribution >= 4 is 19.7 Å². The minimum absolute atomic E-state index is 0.0187. The molecule has 3 atom stereocenters. The minimum atomic E-state index is -4.70. The third-order valence-corrected chi connectivity index (χ3v) is 16.8. The van der Waals surface area contributed by atoms with Crippen molar-refractivity contribution in [3.05, 3.63) is 36.5 Å². The van der Waals surface area contributed by atoms with E-state index in [9.17, 15) is 19.0 Å². The Balaban J connectivity index is 4.97. The number of quaternary nitrogens is 1. The molecule has 0 saturated carbocycles. The predicted molar refractivity (Wildman–Crippen MR) is 344 cm³/mol. The Morgan fingerprint density at radius 1 is 0.438 bits per heavy atom. The molecule has 0 fully saturated rings. The summed E-state index contributed by atoms with van der Waals surface area (Å²) in [6.45, 7) is 6.87. The first kappa shape index (κ1) is 78.2. The van der Waals surface area contributed by atoms with E-state index < -0.39 is 20.0 Å². The van der Waals surface area contributed by atoms with Crippen molar-refractivity contribution in [3.8, 4) is 0 Å². The number of allylic oxidation sites excluding steroid dienone is 5. The molecule has 3 unspecified atom stereocenters. The van der Waals surface area contributed by atoms with Gasteiger partial charge in [-0.25, -0.2) is 0 Å². The van der Waals surface area contributed by atoms with Crippen molar-refractivity contribution in [2.24, 2.45) is 0 Å². The molecule has 0 bridgehead atoms. The van der Waals surface area contributed by atoms with E-state index in [2.05, 4.69) is 50.4 Å². The second kappa shape index (κ2) is 60.4. The highest BCUT2D eigenvalue weighted by Crippen LogP contribution is 2.38. The fourth-order valence-corrected chi connectivity index (χ4v) is 11.2. The molecule has 10 heteroatoms. The van der Waals surface area contributed by atoms with E-state index in [0.29, 0.717) is 17.4 Å². The summed E-state index contributed by atoms with van der Waals surface area (Å²) >= 11 is 0. The molecule has 0 saturated heterocycles. The smallest absolute Gasteiger partial charge is 0.306 e. The molecule has 472 valence electrons. The highest BCUT2D eigenvalue weighted by molar-refractivity contribution is 7.45. The number of hydrogen-bond donors (Lipinski definition) is 1. The van der Waals surface area contributed by atoms with Gasteiger partial charge < -0.3 is 28.5 Å². The summed E-state index contributed by atoms with van der Waals surface area (Å²) in [6.07, 6.45) is 74.1. The van der Waals surface area contributed by atoms with E-state index in [1.54, 1.807) is 0 Å². The first-order chi connectivity index (χ1) is 38.9. The summed E-state index contributed by atoms with van der Waals surface area (Å²) in [6, 6.07) is -0.883. The number of nitrogens with zero attached hydrogens (tertiary/aromatic N) is 1. The van der Waals surface area contributed by atoms with Gasteiger partial charge in [-0.1, -0.05) is 308 Å². The fourth-order valence-electron chi connectivity index (χ4n) is 10.4. The topological polar surface area (TPSA) is 114 Å². The van der Waals surface area contributed by atoms with Crippen molar-refractivity contribution in [2.45, 2.75) is 360 Å². The van der Waals surface area contributed by atoms with Crippen LogP contribution in [0, 0.1) is 0 Å². The van der Waals surface area contributed by atoms with Crippen molar-refractivity contribution in [1.29, 1.82) is 0 Å². The third kappa shape index (κ3) is 60.8. The van der Waals surface area contributed by atoms with E-state index in [1.807, 2.05) is 33.3 Å². The Labute approximate surface area is 497 Å². The van der Waals surface area contributed by atoms with Crippen molar-refractivity contribution in [1.82, 2.24) is 5.32 Å². The molecule has 0 aliphatic carbocycles. The van der Waals surface area contributed by atoms with Crippen LogP contribution in [0.25, 0.3) is 0 Å². The maximum atomic E-state index is 13.6. The Morgan fingerprint density at radius 3 is 1.15 bits per heavy atom. The van der Waals surface area contributed by atoms with Crippen LogP contribution in [0.3, 0.4) is 0 Å². The van der Waals surface area contributed by atoms with Gasteiger partial charge in [-0.2, -0.15) is 0 Å². The molecule has 0 spiro atoms. The number of unbranched alkanes of at least 4 members (excludes halogenated alkanes) is 44. The van der Waals surface area contributed by atoms with Crippen LogP contribution in [0.1, 0.15) is 348 Å². The van der Waals surface area contributed by atoms with Gasteiger partial charge in [0.25, 0.3) is 7.82 Å². The maximum Gasteiger partial charge on any atom is 0.306 e. The normalized spacial score (nSPS) is 13.7. The van der Waals surface area contributed by atoms with E-state index in [-0.39, 0.29) is 31.5 Å². The number of carbonyl (C=O) groups excluding carboxylic acids is 2. The van der Waals surface area contributed by atoms with E-state index >= 15 is 0 Å². The van der Waals surface area contributed by atoms with Crippen LogP contribution in [-0.4, -0.2) is 69.4 Å². The van der Waals surface area contributed by atoms with Gasteiger partial charge in [-0.15, -0.1) is 0 Å². The molecule has 0 rings (SSSR count). The molecule has 0 heterocycles. The van der Waals surface area contributed by atoms with Crippen LogP contribution in [-0.2, 0) is 27.9 Å². The van der Waals surface area contributed by atoms with Crippen LogP contribution in [0.2, 0.25) is 0 Å². The molecule has 0 aliphatic rings. The second-order valence-electron chi connectivity index (χ2n) is 25.0. The zero-order valence-electron chi connectivity index (χ0n) is 54.1. The number of rotatable bonds is 64. The van der Waals surface area contributed by atoms with Gasteiger partial charge >= 0.3 is 5.97 Å². The molecule has 80 heavy (non-hydrogen) atoms. The van der Waals surface area contributed by atoms with Crippen molar-refractivity contribution in [3.63, 3.8) is 0 Å². The van der Waals surface area contributed by atoms with Crippen LogP contribution in [0.5, 0.6) is 0 Å². The number of carbonyl (C=O) groups is 2. The SMILES string of the molecule is CCCCC/C=C\C/C=C\CCCCCCCCCCCCCCCCCCCC(=O)NC(COP(=O)([O-])OCC[N+](C)(C)C)C(/C=C\CCCCCCCCCCCC)OC(=O)CCCCCCCCCCCCCCCCC. The monoisotopic (exact) mass is 1150 g/mol. The Kier molecular flexibility index (Phi) is 59.0. The highest BCUT2D eigenvalue weighted by Gasteiger charge is 2.27. The average molecular weight is 1150 g/mol. The van der Waals surface area contributed by atoms with Gasteiger partial charge in [0.1, 0.15) is 19.3 Å². The molecule has 0 radical (unpaired) electrons. The summed E-state index contributed by atoms with van der Waals surface area (Å²) in [7, 11) is 1.20. The van der Waals surface area contributed by atoms with Crippen molar-refractivity contribution < 1.29 is 37.3 Å². The average Bonchev–Trinajstić information content (AvgIpc) is 3.42. The highest BCUT2D eigenvalue weighted by atomic mass is 31.2. The van der Waals surface area contributed by atoms with Gasteiger partial charge in [0, 0.05) is 12.8 Å². The van der Waals surface area contributed by atoms with E-state index in [4.69, 9.17) is 13.8 Å². The summed E-state index contributed by atoms with van der Waals surface area (Å²) in [5.41, 5.74) is 0. The molecular formula is C70H135N2O7P. The summed E-state index contributed by atoms with van der Waals surface area (Å²) in [4.78, 5) is 40.1. The van der Waals surface area contributed by atoms with Crippen LogP contribution >= 0.6 is 7.82 Å². The fraction of sp³-hybridized carbons (Fsp3) is 0.886. The number of ether oxygens (including phenoxy) is 1. The number of amides is 1. The van der Waals surface area contributed by atoms with Gasteiger partial charge in [0.15, 0.2) is 0 Å². The molecule has 1 N–H and O–H groups in total. The number of phosphoric ester groups is 1. The molecule has 0 aromatic heterocycles. The largest absolute Gasteiger partial charge is 0.756 e. The van der Waals surface area contributed by atoms with Gasteiger partial charge in [0.2, 0.25) is 5.91 Å². The first-order valence-electron chi connectivity index (χ1n) is 34.8. The number of esters is 1. The second-order valence-corrected chi connectivity index (χ2v) is 26.5. The number of phosphoric acid groups is 1. The molecule has 1 amide bonds. The van der Waals surface area contributed by atoms with Crippen molar-refractivity contribution in [2.75, 3.05) is 40.9 Å². The lowest BCUT2D eigenvalue weighted by molar-refractivity contribution is -0.870. The molecule has 9 nitrogen and oxygen atoms in total. The standard InChI is InChI=1S/C70H135N2O7P/c1-7-10-13-16-19-22-25-28-30-31-32-33-34-35-36-37-38-39-40-41-43-44-47-50-53-56-59-62-69(73)71-67(66-78-80(75,76)77-65-64-72(4,5)6)68(61-58-55-52-49-46-27-24-21-18-15-12-9-3)79-70(74)63-60-57-54-51-48-45-42-29-26-23-20-17-14-11-8-2/h19,22,28,30,58,61,67-68H,7-18,20-21,23-27,29,31-57,59-60,62-66H2,1-6H3,(H-,71,73,75,76)/b22-19-,30-28-,61-58-. The Morgan fingerprint density at radius 2 is 0.762 bits per heavy atom. The van der Waals surface area contributed by atoms with Crippen LogP contribution in [0.4, 0.5) is 0 Å². The van der Waals surface area contributed by atoms with E-state index in [1.165, 1.54) is 250 Å². The zero-order valence-corrected chi connectivity index (χ0v) is 54.9. The van der Waals surface area contributed by atoms with Gasteiger partial charge in [-0.05, 0) is 63.9 Å². The van der Waals surface area contributed by atoms with Crippen LogP contribution in [0.15, 0.2) is 36.5 Å². The Hall–Kier alpha value is -1.77. The maximum absolute atomic E-state index is 13.6. The van der Waals surface area contributed by atoms with E-state index in [0.717, 1.165) is 64.2 Å². The number of hydrogen-bond acceptors (Lipinski definition) is 7. The lowest BCUT2D eigenvalue weighted by Gasteiger charge is -2.30. The lowest BCUT2D eigenvalue weighted by atomic mass is 10.0. The van der Waals surface area contributed by atoms with Gasteiger partial charge in [0.05, 0.1) is 33.8 Å². The lowest BCUT2D eigenvalue weighted by Crippen LogP contribution is -2.47. The summed E-state index contributed by atoms with van der Waals surface area (Å²) in [5, 5.41) is 3.05. The Bertz CT molecular complexity index is 1460. The molecule has 0 aromatic rings. The minimum Gasteiger partial charge on any atom is -0.756 e. The molecule has 0 aromatic carbocycles. The van der Waals surface area contributed by atoms with Crippen LogP contribution < -0.4 is 10.2 Å². The molecule has 0 aliphatic heterocycles. The molecular weight excluding hydrogens is 1010 g/mol. The first-order valence-corrected chi connectivity index (χ1v) is 36.3. The predicted octanol–water partition coefficient (Wildman–Crippen LogP) is 21.2. The summed E-state index contributed by atoms with van der Waals surface area (Å²) < 4.78 is 30.4. The third-order valence-electron chi connectivity index (χ3n) is 15.8. The summed E-state index contributed by atoms with van der Waals surface area (Å²) in [5.74, 6) is -0.521. The zero-order chi connectivity index (χ0) is 58.6.